The highest BCUT2D eigenvalue weighted by atomic mass is 16.5. The van der Waals surface area contributed by atoms with Crippen LogP contribution in [-0.4, -0.2) is 128 Å². The third kappa shape index (κ3) is 7.65. The zero-order valence-electron chi connectivity index (χ0n) is 43.8. The van der Waals surface area contributed by atoms with Gasteiger partial charge >= 0.3 is 5.97 Å². The first-order chi connectivity index (χ1) is 32.4. The molecular weight excluding hydrogens is 837 g/mol. The lowest BCUT2D eigenvalue weighted by atomic mass is 9.32. The van der Waals surface area contributed by atoms with Gasteiger partial charge in [-0.2, -0.15) is 0 Å². The Bertz CT molecular complexity index is 2190. The number of hydrogen-bond donors (Lipinski definition) is 0. The lowest BCUT2D eigenvalue weighted by molar-refractivity contribution is -1.08. The third-order valence-electron chi connectivity index (χ3n) is 24.0. The molecule has 5 saturated carbocycles. The van der Waals surface area contributed by atoms with E-state index in [0.29, 0.717) is 47.0 Å². The number of esters is 1. The molecule has 7 heteroatoms. The summed E-state index contributed by atoms with van der Waals surface area (Å²) in [5.41, 5.74) is 5.36. The second-order valence-electron chi connectivity index (χ2n) is 27.4. The van der Waals surface area contributed by atoms with Crippen LogP contribution in [0.15, 0.2) is 85.2 Å². The molecule has 370 valence electrons. The Morgan fingerprint density at radius 3 is 1.69 bits per heavy atom. The molecule has 10 atom stereocenters. The zero-order valence-corrected chi connectivity index (χ0v) is 43.8. The fourth-order valence-electron chi connectivity index (χ4n) is 19.6. The number of carbonyl (C=O) groups is 1. The first-order valence-corrected chi connectivity index (χ1v) is 28.0. The summed E-state index contributed by atoms with van der Waals surface area (Å²) in [4.78, 5) is 14.1. The third-order valence-corrected chi connectivity index (χ3v) is 24.0. The first kappa shape index (κ1) is 47.4. The molecule has 2 aromatic rings. The van der Waals surface area contributed by atoms with Crippen LogP contribution in [0.3, 0.4) is 0 Å². The van der Waals surface area contributed by atoms with Crippen molar-refractivity contribution in [2.45, 2.75) is 125 Å². The van der Waals surface area contributed by atoms with E-state index in [9.17, 15) is 4.79 Å². The molecule has 6 heterocycles. The maximum absolute atomic E-state index is 14.1. The fraction of sp³-hybridized carbons (Fsp3) is 0.721. The molecule has 5 aliphatic carbocycles. The van der Waals surface area contributed by atoms with Crippen LogP contribution in [-0.2, 0) is 27.4 Å². The summed E-state index contributed by atoms with van der Waals surface area (Å²) in [5.74, 6) is 4.30. The predicted octanol–water partition coefficient (Wildman–Crippen LogP) is 10.8. The Morgan fingerprint density at radius 1 is 0.588 bits per heavy atom. The van der Waals surface area contributed by atoms with Gasteiger partial charge in [0, 0.05) is 22.0 Å². The van der Waals surface area contributed by atoms with Crippen molar-refractivity contribution in [3.63, 3.8) is 0 Å². The minimum absolute atomic E-state index is 0.00643. The molecule has 0 amide bonds. The summed E-state index contributed by atoms with van der Waals surface area (Å²) >= 11 is 0. The van der Waals surface area contributed by atoms with E-state index in [4.69, 9.17) is 22.6 Å². The number of ether oxygens (including phenoxy) is 2. The normalized spacial score (nSPS) is 45.3. The van der Waals surface area contributed by atoms with Gasteiger partial charge in [0.1, 0.15) is 110 Å². The highest BCUT2D eigenvalue weighted by Crippen LogP contribution is 2.77. The summed E-state index contributed by atoms with van der Waals surface area (Å²) in [5, 5.41) is 0. The number of allylic oxidation sites excluding steroid dienone is 1. The largest absolute Gasteiger partial charge is 0.492 e. The van der Waals surface area contributed by atoms with E-state index in [0.717, 1.165) is 56.0 Å². The van der Waals surface area contributed by atoms with Crippen molar-refractivity contribution in [2.75, 3.05) is 98.2 Å². The molecule has 0 spiro atoms. The van der Waals surface area contributed by atoms with E-state index in [1.54, 1.807) is 0 Å². The van der Waals surface area contributed by atoms with Crippen LogP contribution >= 0.6 is 0 Å². The molecule has 11 fully saturated rings. The van der Waals surface area contributed by atoms with Gasteiger partial charge < -0.3 is 27.4 Å². The number of fused-ring (bicyclic) bond motifs is 13. The van der Waals surface area contributed by atoms with E-state index in [1.165, 1.54) is 153 Å². The van der Waals surface area contributed by atoms with E-state index < -0.39 is 0 Å². The first-order valence-electron chi connectivity index (χ1n) is 28.0. The Kier molecular flexibility index (Phi) is 11.7. The van der Waals surface area contributed by atoms with Crippen LogP contribution in [0, 0.1) is 56.7 Å². The molecule has 13 rings (SSSR count). The van der Waals surface area contributed by atoms with Crippen molar-refractivity contribution in [3.05, 3.63) is 96.3 Å². The van der Waals surface area contributed by atoms with Gasteiger partial charge in [-0.3, -0.25) is 0 Å². The summed E-state index contributed by atoms with van der Waals surface area (Å²) in [6.07, 6.45) is 12.6. The molecule has 0 N–H and O–H groups in total. The van der Waals surface area contributed by atoms with Gasteiger partial charge in [0.25, 0.3) is 0 Å². The van der Waals surface area contributed by atoms with Crippen LogP contribution in [0.4, 0.5) is 0 Å². The Hall–Kier alpha value is -2.97. The molecule has 4 bridgehead atoms. The van der Waals surface area contributed by atoms with Crippen molar-refractivity contribution in [1.29, 1.82) is 0 Å². The highest BCUT2D eigenvalue weighted by Gasteiger charge is 2.71. The lowest BCUT2D eigenvalue weighted by Crippen LogP contribution is -2.75. The smallest absolute Gasteiger partial charge is 0.362 e. The molecule has 6 aliphatic heterocycles. The average Bonchev–Trinajstić information content (AvgIpc) is 3.72. The van der Waals surface area contributed by atoms with E-state index in [-0.39, 0.29) is 28.3 Å². The van der Waals surface area contributed by atoms with Crippen LogP contribution in [0.2, 0.25) is 0 Å². The number of hydrogen-bond acceptors (Lipinski definition) is 3. The molecule has 0 radical (unpaired) electrons. The molecule has 2 aromatic carbocycles. The van der Waals surface area contributed by atoms with Gasteiger partial charge in [-0.05, 0) is 117 Å². The van der Waals surface area contributed by atoms with E-state index >= 15 is 0 Å². The number of benzene rings is 2. The second-order valence-corrected chi connectivity index (χ2v) is 27.4. The molecular formula is C61H92N4O3+4. The standard InChI is InChI=1S/C61H92N4O3/c1-46(2)50-21-26-61(45-67-47(3)41-62-29-32-63(33-30-62,34-31-62)42-48-15-11-9-12-16-48)28-27-59(7)51(56(50)61)19-20-53-58(6)24-23-54(57(4,5)52(58)22-25-60(53,59)8)68-55(66)44-65-38-35-64(36-39-65,37-40-65)43-49-17-13-10-14-18-49/h9-18,50-54,56H,1,3,19-45H2,2,4-8H3/q+4/t50?,51?,52?,53?,54-,56?,58-,59+,60+,61+,62?,63?,64?,65?/m0/s1. The molecule has 68 heavy (non-hydrogen) atoms. The molecule has 11 aliphatic rings. The summed E-state index contributed by atoms with van der Waals surface area (Å²) < 4.78 is 18.4. The van der Waals surface area contributed by atoms with Crippen molar-refractivity contribution >= 4 is 5.97 Å². The minimum Gasteiger partial charge on any atom is -0.492 e. The van der Waals surface area contributed by atoms with Gasteiger partial charge in [0.05, 0.1) is 6.61 Å². The van der Waals surface area contributed by atoms with Crippen LogP contribution in [0.1, 0.15) is 117 Å². The van der Waals surface area contributed by atoms with Crippen molar-refractivity contribution in [2.24, 2.45) is 56.7 Å². The van der Waals surface area contributed by atoms with Crippen molar-refractivity contribution < 1.29 is 32.2 Å². The number of nitrogens with zero attached hydrogens (tertiary/aromatic N) is 4. The average molecular weight is 929 g/mol. The van der Waals surface area contributed by atoms with Crippen molar-refractivity contribution in [1.82, 2.24) is 0 Å². The molecule has 0 aromatic heterocycles. The van der Waals surface area contributed by atoms with Crippen molar-refractivity contribution in [3.8, 4) is 0 Å². The molecule has 6 saturated heterocycles. The van der Waals surface area contributed by atoms with Crippen LogP contribution < -0.4 is 0 Å². The van der Waals surface area contributed by atoms with Crippen LogP contribution in [0.5, 0.6) is 0 Å². The van der Waals surface area contributed by atoms with Gasteiger partial charge in [-0.25, -0.2) is 4.79 Å². The lowest BCUT2D eigenvalue weighted by Gasteiger charge is -2.73. The molecule has 7 nitrogen and oxygen atoms in total. The minimum atomic E-state index is -0.0385. The summed E-state index contributed by atoms with van der Waals surface area (Å²) in [6.45, 7) is 44.1. The fourth-order valence-corrected chi connectivity index (χ4v) is 19.6. The topological polar surface area (TPSA) is 35.5 Å². The Labute approximate surface area is 412 Å². The number of rotatable bonds is 13. The SMILES string of the molecule is C=C(C[N+]12CC[N+](Cc3ccccc3)(CC1)CC2)OC[C@]12CCC(C(=C)C)C1C1CCC3[C@@]4(C)CC[C@H](OC(=O)C[N+]56CC[N+](Cc7ccccc7)(CC5)CC6)C(C)(C)C4CC[C@@]3(C)[C@]1(C)CC2. The molecule has 5 unspecified atom stereocenters. The zero-order chi connectivity index (χ0) is 47.4. The Morgan fingerprint density at radius 2 is 1.13 bits per heavy atom. The number of quaternary nitrogens is 4. The number of carbonyl (C=O) groups excluding carboxylic acids is 1. The van der Waals surface area contributed by atoms with E-state index in [2.05, 4.69) is 102 Å². The van der Waals surface area contributed by atoms with Gasteiger partial charge in [-0.15, -0.1) is 0 Å². The second kappa shape index (κ2) is 16.8. The van der Waals surface area contributed by atoms with Gasteiger partial charge in [0.15, 0.2) is 6.54 Å². The summed E-state index contributed by atoms with van der Waals surface area (Å²) in [6, 6.07) is 22.2. The predicted molar refractivity (Wildman–Crippen MR) is 273 cm³/mol. The highest BCUT2D eigenvalue weighted by molar-refractivity contribution is 5.71. The maximum Gasteiger partial charge on any atom is 0.362 e. The maximum atomic E-state index is 14.1. The quantitative estimate of drug-likeness (QED) is 0.0869. The monoisotopic (exact) mass is 929 g/mol. The Balaban J connectivity index is 0.735. The van der Waals surface area contributed by atoms with Gasteiger partial charge in [0.2, 0.25) is 0 Å². The van der Waals surface area contributed by atoms with E-state index in [1.807, 2.05) is 0 Å². The summed E-state index contributed by atoms with van der Waals surface area (Å²) in [7, 11) is 0. The van der Waals surface area contributed by atoms with Gasteiger partial charge in [-0.1, -0.05) is 114 Å². The number of piperazine rings is 6. The van der Waals surface area contributed by atoms with Crippen LogP contribution in [0.25, 0.3) is 0 Å².